The Hall–Kier alpha value is -2.30. The van der Waals surface area contributed by atoms with Crippen LogP contribution in [-0.2, 0) is 51.0 Å². The summed E-state index contributed by atoms with van der Waals surface area (Å²) < 4.78 is 40.0. The first-order chi connectivity index (χ1) is 22.1. The van der Waals surface area contributed by atoms with Crippen molar-refractivity contribution in [1.82, 2.24) is 39.0 Å². The molecule has 1 saturated carbocycles. The first kappa shape index (κ1) is 32.3. The predicted molar refractivity (Wildman–Crippen MR) is 167 cm³/mol. The van der Waals surface area contributed by atoms with Crippen LogP contribution < -0.4 is 5.56 Å². The van der Waals surface area contributed by atoms with Crippen molar-refractivity contribution in [2.75, 3.05) is 26.4 Å². The fourth-order valence-corrected chi connectivity index (χ4v) is 9.34. The van der Waals surface area contributed by atoms with Crippen LogP contribution in [0.2, 0.25) is 5.15 Å². The summed E-state index contributed by atoms with van der Waals surface area (Å²) in [5.74, 6) is -0.316. The van der Waals surface area contributed by atoms with Crippen LogP contribution in [0.15, 0.2) is 30.1 Å². The van der Waals surface area contributed by atoms with E-state index >= 15 is 0 Å². The Kier molecular flexibility index (Phi) is 9.09. The molecule has 0 amide bonds. The minimum Gasteiger partial charge on any atom is -0.349 e. The Labute approximate surface area is 275 Å². The van der Waals surface area contributed by atoms with Crippen LogP contribution in [0.25, 0.3) is 22.3 Å². The van der Waals surface area contributed by atoms with Crippen molar-refractivity contribution in [2.45, 2.75) is 43.7 Å². The van der Waals surface area contributed by atoms with Crippen LogP contribution in [-0.4, -0.2) is 82.6 Å². The molecule has 46 heavy (non-hydrogen) atoms. The number of halogens is 1. The number of nitrogens with one attached hydrogen (secondary N) is 1. The second-order valence-electron chi connectivity index (χ2n) is 10.8. The number of fused-ring (bicyclic) bond motifs is 4. The maximum atomic E-state index is 12.2. The van der Waals surface area contributed by atoms with Gasteiger partial charge in [0, 0.05) is 18.4 Å². The zero-order chi connectivity index (χ0) is 32.1. The van der Waals surface area contributed by atoms with E-state index in [-0.39, 0.29) is 67.8 Å². The van der Waals surface area contributed by atoms with Gasteiger partial charge in [0.25, 0.3) is 5.56 Å². The molecule has 0 radical (unpaired) electrons. The molecule has 17 nitrogen and oxygen atoms in total. The lowest BCUT2D eigenvalue weighted by atomic mass is 9.70. The predicted octanol–water partition coefficient (Wildman–Crippen LogP) is 2.90. The van der Waals surface area contributed by atoms with Gasteiger partial charge in [-0.2, -0.15) is 5.26 Å². The van der Waals surface area contributed by atoms with Crippen molar-refractivity contribution >= 4 is 71.0 Å². The van der Waals surface area contributed by atoms with Crippen molar-refractivity contribution in [3.05, 3.63) is 40.8 Å². The van der Waals surface area contributed by atoms with Gasteiger partial charge in [0.2, 0.25) is 0 Å². The molecular formula is C24H26ClN9O8P2S2. The van der Waals surface area contributed by atoms with Gasteiger partial charge < -0.3 is 41.8 Å². The molecule has 6 heterocycles. The number of imidazole rings is 2. The van der Waals surface area contributed by atoms with Crippen LogP contribution >= 0.6 is 25.0 Å². The fourth-order valence-electron chi connectivity index (χ4n) is 5.85. The molecule has 244 valence electrons. The molecule has 22 heteroatoms. The van der Waals surface area contributed by atoms with Crippen LogP contribution in [0, 0.1) is 23.2 Å². The highest BCUT2D eigenvalue weighted by Gasteiger charge is 2.47. The molecule has 2 unspecified atom stereocenters. The molecule has 8 atom stereocenters. The fraction of sp³-hybridized carbons (Fsp3) is 0.542. The Morgan fingerprint density at radius 1 is 1.04 bits per heavy atom. The van der Waals surface area contributed by atoms with E-state index in [2.05, 4.69) is 29.9 Å². The van der Waals surface area contributed by atoms with Gasteiger partial charge in [-0.15, -0.1) is 0 Å². The lowest BCUT2D eigenvalue weighted by molar-refractivity contribution is -0.0397. The van der Waals surface area contributed by atoms with Gasteiger partial charge in [-0.3, -0.25) is 9.36 Å². The smallest absolute Gasteiger partial charge is 0.327 e. The summed E-state index contributed by atoms with van der Waals surface area (Å²) in [5.41, 5.74) is 1.09. The van der Waals surface area contributed by atoms with E-state index in [1.807, 2.05) is 10.6 Å². The monoisotopic (exact) mass is 729 g/mol. The van der Waals surface area contributed by atoms with Gasteiger partial charge in [-0.25, -0.2) is 24.9 Å². The highest BCUT2D eigenvalue weighted by Crippen LogP contribution is 2.57. The third kappa shape index (κ3) is 6.30. The van der Waals surface area contributed by atoms with Crippen LogP contribution in [0.3, 0.4) is 0 Å². The lowest BCUT2D eigenvalue weighted by Crippen LogP contribution is -2.43. The van der Waals surface area contributed by atoms with Crippen molar-refractivity contribution in [1.29, 1.82) is 5.26 Å². The van der Waals surface area contributed by atoms with Crippen molar-refractivity contribution in [2.24, 2.45) is 11.8 Å². The highest BCUT2D eigenvalue weighted by atomic mass is 35.5. The number of rotatable bonds is 5. The molecule has 7 rings (SSSR count). The van der Waals surface area contributed by atoms with Gasteiger partial charge in [-0.1, -0.05) is 11.6 Å². The van der Waals surface area contributed by atoms with Gasteiger partial charge >= 0.3 is 13.4 Å². The second-order valence-corrected chi connectivity index (χ2v) is 17.0. The number of nitriles is 1. The van der Waals surface area contributed by atoms with E-state index in [0.717, 1.165) is 0 Å². The Morgan fingerprint density at radius 2 is 1.83 bits per heavy atom. The number of hydrogen-bond donors (Lipinski definition) is 2. The number of aromatic nitrogens is 8. The summed E-state index contributed by atoms with van der Waals surface area (Å²) in [5, 5.41) is 9.37. The third-order valence-electron chi connectivity index (χ3n) is 8.18. The van der Waals surface area contributed by atoms with Gasteiger partial charge in [0.15, 0.2) is 22.0 Å². The maximum Gasteiger partial charge on any atom is 0.327 e. The molecule has 0 bridgehead atoms. The summed E-state index contributed by atoms with van der Waals surface area (Å²) in [7, 11) is 0. The molecule has 0 aromatic carbocycles. The summed E-state index contributed by atoms with van der Waals surface area (Å²) >= 11 is 17.5. The molecule has 2 aliphatic heterocycles. The van der Waals surface area contributed by atoms with Crippen LogP contribution in [0.5, 0.6) is 0 Å². The van der Waals surface area contributed by atoms with Crippen LogP contribution in [0.1, 0.15) is 31.5 Å². The maximum absolute atomic E-state index is 12.2. The zero-order valence-corrected chi connectivity index (χ0v) is 27.9. The minimum atomic E-state index is -3.75. The van der Waals surface area contributed by atoms with E-state index in [1.165, 1.54) is 19.0 Å². The lowest BCUT2D eigenvalue weighted by Gasteiger charge is -2.45. The Morgan fingerprint density at radius 3 is 2.67 bits per heavy atom. The molecule has 2 saturated heterocycles. The normalized spacial score (nSPS) is 33.7. The van der Waals surface area contributed by atoms with Crippen molar-refractivity contribution in [3.8, 4) is 6.07 Å². The average Bonchev–Trinajstić information content (AvgIpc) is 3.74. The summed E-state index contributed by atoms with van der Waals surface area (Å²) in [6.07, 6.45) is 4.41. The van der Waals surface area contributed by atoms with E-state index in [1.54, 1.807) is 10.9 Å². The van der Waals surface area contributed by atoms with E-state index in [9.17, 15) is 9.69 Å². The molecule has 4 aromatic rings. The average molecular weight is 730 g/mol. The Balaban J connectivity index is 1.16. The van der Waals surface area contributed by atoms with Gasteiger partial charge in [-0.05, 0) is 36.0 Å². The van der Waals surface area contributed by atoms with Crippen molar-refractivity contribution < 1.29 is 32.2 Å². The zero-order valence-electron chi connectivity index (χ0n) is 23.7. The van der Waals surface area contributed by atoms with Crippen LogP contribution in [0.4, 0.5) is 0 Å². The minimum absolute atomic E-state index is 0.00354. The summed E-state index contributed by atoms with van der Waals surface area (Å²) in [4.78, 5) is 46.9. The van der Waals surface area contributed by atoms with E-state index < -0.39 is 37.4 Å². The summed E-state index contributed by atoms with van der Waals surface area (Å²) in [6.45, 7) is -7.21. The number of ether oxygens (including phenoxy) is 1. The molecule has 3 fully saturated rings. The molecule has 0 spiro atoms. The van der Waals surface area contributed by atoms with E-state index in [0.29, 0.717) is 23.2 Å². The van der Waals surface area contributed by atoms with Gasteiger partial charge in [0.1, 0.15) is 24.2 Å². The quantitative estimate of drug-likeness (QED) is 0.172. The molecule has 1 aliphatic carbocycles. The standard InChI is InChI=1S/C24H26ClN9O8P2S2/c25-21-19-22(28-9-27-21)33(11-31-19)15-4-13-6-40-44(46,37-3-1-2-26)42-16-5-18(34-12-32-20-23(34)29-10-30-24(20)35)41-17(16)8-39-43(36,45)38-7-14(13)15/h9-18H,1,3-8H2,(H,36,45)(H,29,30,35)/t13-,14-,15-,16+,17-,18-,43?,44?/m1/s1. The molecule has 4 aromatic heterocycles. The second kappa shape index (κ2) is 13.0. The number of H-pyrrole nitrogens is 1. The first-order valence-corrected chi connectivity index (χ1v) is 19.6. The molecule has 3 aliphatic rings. The number of aromatic amines is 1. The number of nitrogens with zero attached hydrogens (tertiary/aromatic N) is 8. The van der Waals surface area contributed by atoms with E-state index in [4.69, 9.17) is 67.8 Å². The summed E-state index contributed by atoms with van der Waals surface area (Å²) in [6, 6.07) is 1.89. The highest BCUT2D eigenvalue weighted by molar-refractivity contribution is 8.07. The Bertz CT molecular complexity index is 1970. The molecular weight excluding hydrogens is 704 g/mol. The topological polar surface area (TPSA) is 207 Å². The van der Waals surface area contributed by atoms with Crippen molar-refractivity contribution in [3.63, 3.8) is 0 Å². The molecule has 2 N–H and O–H groups in total. The SMILES string of the molecule is N#CCCOP1(=S)OC[C@H]2C[C@@H](n3cnc4c(Cl)ncnc43)[C@@H]2COP(O)(=S)OC[C@H]2O[C@@H](n3cnc4c(=O)[nH]cnc43)C[C@@H]2O1. The third-order valence-corrected chi connectivity index (χ3v) is 12.4. The van der Waals surface area contributed by atoms with Gasteiger partial charge in [0.05, 0.1) is 64.0 Å². The largest absolute Gasteiger partial charge is 0.349 e. The number of hydrogen-bond acceptors (Lipinski definition) is 15. The first-order valence-electron chi connectivity index (χ1n) is 14.1.